The van der Waals surface area contributed by atoms with E-state index in [1.807, 2.05) is 26.0 Å². The van der Waals surface area contributed by atoms with Crippen LogP contribution in [0.25, 0.3) is 0 Å². The average molecular weight is 379 g/mol. The van der Waals surface area contributed by atoms with Crippen molar-refractivity contribution in [2.45, 2.75) is 38.7 Å². The van der Waals surface area contributed by atoms with Gasteiger partial charge < -0.3 is 9.47 Å². The molecule has 0 fully saturated rings. The Morgan fingerprint density at radius 1 is 1.27 bits per heavy atom. The largest absolute Gasteiger partial charge is 0.494 e. The van der Waals surface area contributed by atoms with Crippen molar-refractivity contribution in [2.24, 2.45) is 0 Å². The molecule has 0 spiro atoms. The maximum Gasteiger partial charge on any atom is 0.216 e. The van der Waals surface area contributed by atoms with E-state index in [4.69, 9.17) is 9.47 Å². The summed E-state index contributed by atoms with van der Waals surface area (Å²) in [6, 6.07) is 9.18. The van der Waals surface area contributed by atoms with Gasteiger partial charge in [0.25, 0.3) is 0 Å². The van der Waals surface area contributed by atoms with Gasteiger partial charge in [0.15, 0.2) is 0 Å². The van der Waals surface area contributed by atoms with Crippen molar-refractivity contribution >= 4 is 10.0 Å². The monoisotopic (exact) mass is 379 g/mol. The zero-order valence-electron chi connectivity index (χ0n) is 14.8. The first-order chi connectivity index (χ1) is 12.4. The number of ether oxygens (including phenoxy) is 2. The predicted octanol–water partition coefficient (Wildman–Crippen LogP) is 3.17. The van der Waals surface area contributed by atoms with Crippen LogP contribution < -0.4 is 14.2 Å². The lowest BCUT2D eigenvalue weighted by molar-refractivity contribution is 0.254. The van der Waals surface area contributed by atoms with Crippen LogP contribution in [0.4, 0.5) is 4.39 Å². The SMILES string of the molecule is CCOc1cc2c(cc1CNS(=O)(=O)Cc1ccc(F)cc1)O[C@H](C)C2. The maximum absolute atomic E-state index is 13.0. The van der Waals surface area contributed by atoms with E-state index in [-0.39, 0.29) is 18.4 Å². The molecule has 0 aromatic heterocycles. The highest BCUT2D eigenvalue weighted by Gasteiger charge is 2.22. The van der Waals surface area contributed by atoms with Crippen molar-refractivity contribution in [1.29, 1.82) is 0 Å². The summed E-state index contributed by atoms with van der Waals surface area (Å²) in [7, 11) is -3.57. The van der Waals surface area contributed by atoms with Gasteiger partial charge in [-0.2, -0.15) is 0 Å². The zero-order valence-corrected chi connectivity index (χ0v) is 15.6. The predicted molar refractivity (Wildman–Crippen MR) is 97.3 cm³/mol. The maximum atomic E-state index is 13.0. The molecule has 7 heteroatoms. The van der Waals surface area contributed by atoms with E-state index in [1.165, 1.54) is 24.3 Å². The summed E-state index contributed by atoms with van der Waals surface area (Å²) in [4.78, 5) is 0. The van der Waals surface area contributed by atoms with E-state index in [2.05, 4.69) is 4.72 Å². The van der Waals surface area contributed by atoms with Crippen molar-refractivity contribution in [3.63, 3.8) is 0 Å². The zero-order chi connectivity index (χ0) is 18.7. The van der Waals surface area contributed by atoms with Gasteiger partial charge in [-0.1, -0.05) is 12.1 Å². The van der Waals surface area contributed by atoms with Crippen LogP contribution in [0.15, 0.2) is 36.4 Å². The first-order valence-corrected chi connectivity index (χ1v) is 10.2. The van der Waals surface area contributed by atoms with Crippen LogP contribution in [0.1, 0.15) is 30.5 Å². The smallest absolute Gasteiger partial charge is 0.216 e. The summed E-state index contributed by atoms with van der Waals surface area (Å²) in [5, 5.41) is 0. The number of nitrogens with one attached hydrogen (secondary N) is 1. The first kappa shape index (κ1) is 18.7. The molecule has 3 rings (SSSR count). The van der Waals surface area contributed by atoms with Gasteiger partial charge in [0, 0.05) is 24.1 Å². The van der Waals surface area contributed by atoms with Gasteiger partial charge in [0.2, 0.25) is 10.0 Å². The number of hydrogen-bond donors (Lipinski definition) is 1. The van der Waals surface area contributed by atoms with Crippen LogP contribution in [-0.4, -0.2) is 21.1 Å². The standard InChI is InChI=1S/C19H22FNO4S/c1-3-24-18-9-15-8-13(2)25-19(15)10-16(18)11-21-26(22,23)12-14-4-6-17(20)7-5-14/h4-7,9-10,13,21H,3,8,11-12H2,1-2H3/t13-/m1/s1. The highest BCUT2D eigenvalue weighted by molar-refractivity contribution is 7.88. The van der Waals surface area contributed by atoms with Crippen molar-refractivity contribution in [3.05, 3.63) is 58.9 Å². The summed E-state index contributed by atoms with van der Waals surface area (Å²) in [6.45, 7) is 4.47. The van der Waals surface area contributed by atoms with Gasteiger partial charge in [-0.05, 0) is 43.7 Å². The van der Waals surface area contributed by atoms with Gasteiger partial charge in [0.05, 0.1) is 12.4 Å². The lowest BCUT2D eigenvalue weighted by Crippen LogP contribution is -2.25. The van der Waals surface area contributed by atoms with Crippen LogP contribution in [0, 0.1) is 5.82 Å². The fourth-order valence-electron chi connectivity index (χ4n) is 2.95. The van der Waals surface area contributed by atoms with Crippen LogP contribution in [0.5, 0.6) is 11.5 Å². The minimum atomic E-state index is -3.57. The second kappa shape index (κ2) is 7.63. The molecule has 0 radical (unpaired) electrons. The third-order valence-corrected chi connectivity index (χ3v) is 5.43. The molecule has 0 saturated heterocycles. The summed E-state index contributed by atoms with van der Waals surface area (Å²) in [5.41, 5.74) is 2.32. The number of hydrogen-bond acceptors (Lipinski definition) is 4. The second-order valence-electron chi connectivity index (χ2n) is 6.34. The molecule has 2 aromatic rings. The van der Waals surface area contributed by atoms with Crippen molar-refractivity contribution in [1.82, 2.24) is 4.72 Å². The quantitative estimate of drug-likeness (QED) is 0.803. The first-order valence-electron chi connectivity index (χ1n) is 8.53. The van der Waals surface area contributed by atoms with E-state index >= 15 is 0 Å². The number of benzene rings is 2. The lowest BCUT2D eigenvalue weighted by Gasteiger charge is -2.13. The van der Waals surface area contributed by atoms with E-state index < -0.39 is 15.8 Å². The molecule has 0 aliphatic carbocycles. The number of sulfonamides is 1. The van der Waals surface area contributed by atoms with Crippen molar-refractivity contribution < 1.29 is 22.3 Å². The van der Waals surface area contributed by atoms with Crippen LogP contribution in [0.3, 0.4) is 0 Å². The van der Waals surface area contributed by atoms with E-state index in [1.54, 1.807) is 0 Å². The minimum Gasteiger partial charge on any atom is -0.494 e. The van der Waals surface area contributed by atoms with Gasteiger partial charge >= 0.3 is 0 Å². The second-order valence-corrected chi connectivity index (χ2v) is 8.15. The molecule has 1 heterocycles. The number of fused-ring (bicyclic) bond motifs is 1. The van der Waals surface area contributed by atoms with Gasteiger partial charge in [-0.25, -0.2) is 17.5 Å². The Bertz CT molecular complexity index is 881. The van der Waals surface area contributed by atoms with Gasteiger partial charge in [-0.3, -0.25) is 0 Å². The molecule has 0 saturated carbocycles. The number of rotatable bonds is 7. The molecule has 0 unspecified atom stereocenters. The average Bonchev–Trinajstić information content (AvgIpc) is 2.94. The summed E-state index contributed by atoms with van der Waals surface area (Å²) >= 11 is 0. The van der Waals surface area contributed by atoms with Crippen LogP contribution in [0.2, 0.25) is 0 Å². The Labute approximate surface area is 153 Å². The third-order valence-electron chi connectivity index (χ3n) is 4.13. The fraction of sp³-hybridized carbons (Fsp3) is 0.368. The molecule has 0 bridgehead atoms. The molecular weight excluding hydrogens is 357 g/mol. The molecule has 5 nitrogen and oxygen atoms in total. The van der Waals surface area contributed by atoms with Gasteiger partial charge in [0.1, 0.15) is 23.4 Å². The molecule has 26 heavy (non-hydrogen) atoms. The minimum absolute atomic E-state index is 0.101. The van der Waals surface area contributed by atoms with E-state index in [0.29, 0.717) is 17.9 Å². The third kappa shape index (κ3) is 4.53. The summed E-state index contributed by atoms with van der Waals surface area (Å²) < 4.78 is 51.6. The Morgan fingerprint density at radius 3 is 2.69 bits per heavy atom. The molecule has 1 aliphatic rings. The highest BCUT2D eigenvalue weighted by atomic mass is 32.2. The summed E-state index contributed by atoms with van der Waals surface area (Å²) in [6.07, 6.45) is 0.913. The van der Waals surface area contributed by atoms with Crippen LogP contribution in [-0.2, 0) is 28.7 Å². The Balaban J connectivity index is 1.73. The van der Waals surface area contributed by atoms with Crippen LogP contribution >= 0.6 is 0 Å². The van der Waals surface area contributed by atoms with E-state index in [9.17, 15) is 12.8 Å². The Kier molecular flexibility index (Phi) is 5.48. The molecular formula is C19H22FNO4S. The molecule has 2 aromatic carbocycles. The molecule has 140 valence electrons. The van der Waals surface area contributed by atoms with E-state index in [0.717, 1.165) is 23.3 Å². The molecule has 1 aliphatic heterocycles. The lowest BCUT2D eigenvalue weighted by atomic mass is 10.1. The van der Waals surface area contributed by atoms with Crippen molar-refractivity contribution in [3.8, 4) is 11.5 Å². The highest BCUT2D eigenvalue weighted by Crippen LogP contribution is 2.35. The Hall–Kier alpha value is -2.12. The molecule has 1 N–H and O–H groups in total. The van der Waals surface area contributed by atoms with Crippen molar-refractivity contribution in [2.75, 3.05) is 6.61 Å². The molecule has 0 amide bonds. The topological polar surface area (TPSA) is 64.6 Å². The Morgan fingerprint density at radius 2 is 2.00 bits per heavy atom. The normalized spacial score (nSPS) is 16.2. The number of halogens is 1. The molecule has 1 atom stereocenters. The van der Waals surface area contributed by atoms with Gasteiger partial charge in [-0.15, -0.1) is 0 Å². The fourth-order valence-corrected chi connectivity index (χ4v) is 4.06. The summed E-state index contributed by atoms with van der Waals surface area (Å²) in [5.74, 6) is 0.824.